The predicted octanol–water partition coefficient (Wildman–Crippen LogP) is 2.94. The number of hydrogen-bond acceptors (Lipinski definition) is 6. The quantitative estimate of drug-likeness (QED) is 0.772. The van der Waals surface area contributed by atoms with Crippen LogP contribution in [0, 0.1) is 11.3 Å². The molecular formula is C21H31N3O4. The summed E-state index contributed by atoms with van der Waals surface area (Å²) >= 11 is 0. The van der Waals surface area contributed by atoms with E-state index in [4.69, 9.17) is 19.5 Å². The third kappa shape index (κ3) is 7.02. The number of likely N-dealkylation sites (tertiary alicyclic amines) is 1. The zero-order valence-electron chi connectivity index (χ0n) is 17.2. The van der Waals surface area contributed by atoms with Gasteiger partial charge in [-0.05, 0) is 45.7 Å². The highest BCUT2D eigenvalue weighted by atomic mass is 16.6. The number of ether oxygens (including phenoxy) is 3. The molecule has 0 saturated carbocycles. The van der Waals surface area contributed by atoms with Gasteiger partial charge in [-0.2, -0.15) is 5.26 Å². The van der Waals surface area contributed by atoms with Crippen LogP contribution in [-0.2, 0) is 9.47 Å². The molecule has 7 heteroatoms. The Hall–Kier alpha value is -2.30. The van der Waals surface area contributed by atoms with Gasteiger partial charge in [-0.25, -0.2) is 4.79 Å². The van der Waals surface area contributed by atoms with Crippen LogP contribution in [0.3, 0.4) is 0 Å². The minimum absolute atomic E-state index is 0.140. The van der Waals surface area contributed by atoms with Crippen molar-refractivity contribution in [1.82, 2.24) is 10.2 Å². The molecule has 0 aliphatic carbocycles. The number of methoxy groups -OCH3 is 1. The summed E-state index contributed by atoms with van der Waals surface area (Å²) in [7, 11) is 1.72. The van der Waals surface area contributed by atoms with Crippen molar-refractivity contribution in [2.75, 3.05) is 33.4 Å². The Kier molecular flexibility index (Phi) is 8.09. The Bertz CT molecular complexity index is 681. The van der Waals surface area contributed by atoms with Gasteiger partial charge in [0.1, 0.15) is 24.0 Å². The molecule has 0 aromatic heterocycles. The van der Waals surface area contributed by atoms with Crippen molar-refractivity contribution in [3.05, 3.63) is 29.8 Å². The van der Waals surface area contributed by atoms with Gasteiger partial charge in [-0.3, -0.25) is 4.90 Å². The molecule has 154 valence electrons. The second-order valence-electron chi connectivity index (χ2n) is 7.91. The standard InChI is InChI=1S/C21H31N3O4/c1-21(2,3)28-20(25)23-15-17-13-18(26-4)9-10-24(17)11-12-27-19-8-6-5-7-16(19)14-22/h5-8,17-18H,9-13,15H2,1-4H3,(H,23,25)/t17-,18-/m1/s1. The molecule has 1 aliphatic rings. The number of piperidine rings is 1. The summed E-state index contributed by atoms with van der Waals surface area (Å²) in [6, 6.07) is 9.50. The second-order valence-corrected chi connectivity index (χ2v) is 7.91. The summed E-state index contributed by atoms with van der Waals surface area (Å²) in [5.74, 6) is 0.597. The average Bonchev–Trinajstić information content (AvgIpc) is 2.66. The summed E-state index contributed by atoms with van der Waals surface area (Å²) in [5, 5.41) is 12.0. The molecule has 28 heavy (non-hydrogen) atoms. The largest absolute Gasteiger partial charge is 0.491 e. The molecule has 2 rings (SSSR count). The fraction of sp³-hybridized carbons (Fsp3) is 0.619. The molecule has 1 aromatic carbocycles. The number of amides is 1. The van der Waals surface area contributed by atoms with Crippen molar-refractivity contribution >= 4 is 6.09 Å². The zero-order valence-corrected chi connectivity index (χ0v) is 17.2. The molecule has 1 saturated heterocycles. The maximum Gasteiger partial charge on any atom is 0.407 e. The highest BCUT2D eigenvalue weighted by Crippen LogP contribution is 2.20. The van der Waals surface area contributed by atoms with Gasteiger partial charge in [0.2, 0.25) is 0 Å². The number of carbonyl (C=O) groups excluding carboxylic acids is 1. The topological polar surface area (TPSA) is 83.8 Å². The van der Waals surface area contributed by atoms with Gasteiger partial charge in [-0.15, -0.1) is 0 Å². The lowest BCUT2D eigenvalue weighted by Gasteiger charge is -2.39. The van der Waals surface area contributed by atoms with Crippen LogP contribution in [0.15, 0.2) is 24.3 Å². The van der Waals surface area contributed by atoms with Crippen molar-refractivity contribution in [3.63, 3.8) is 0 Å². The number of benzene rings is 1. The van der Waals surface area contributed by atoms with Crippen LogP contribution in [0.1, 0.15) is 39.2 Å². The zero-order chi connectivity index (χ0) is 20.6. The number of nitriles is 1. The number of carbonyl (C=O) groups is 1. The van der Waals surface area contributed by atoms with Crippen LogP contribution in [0.2, 0.25) is 0 Å². The van der Waals surface area contributed by atoms with E-state index < -0.39 is 11.7 Å². The van der Waals surface area contributed by atoms with Gasteiger partial charge >= 0.3 is 6.09 Å². The molecule has 1 aromatic rings. The van der Waals surface area contributed by atoms with Crippen molar-refractivity contribution in [1.29, 1.82) is 5.26 Å². The monoisotopic (exact) mass is 389 g/mol. The van der Waals surface area contributed by atoms with Gasteiger partial charge in [0.25, 0.3) is 0 Å². The van der Waals surface area contributed by atoms with E-state index >= 15 is 0 Å². The van der Waals surface area contributed by atoms with Gasteiger partial charge in [0.05, 0.1) is 11.7 Å². The van der Waals surface area contributed by atoms with Crippen LogP contribution in [0.25, 0.3) is 0 Å². The molecule has 0 bridgehead atoms. The lowest BCUT2D eigenvalue weighted by molar-refractivity contribution is 0.00467. The molecule has 1 aliphatic heterocycles. The minimum atomic E-state index is -0.520. The van der Waals surface area contributed by atoms with Gasteiger partial charge in [0.15, 0.2) is 0 Å². The Balaban J connectivity index is 1.89. The summed E-state index contributed by atoms with van der Waals surface area (Å²) in [6.45, 7) is 8.06. The molecule has 0 radical (unpaired) electrons. The van der Waals surface area contributed by atoms with Gasteiger partial charge in [0, 0.05) is 32.8 Å². The SMILES string of the molecule is CO[C@@H]1CCN(CCOc2ccccc2C#N)[C@@H](CNC(=O)OC(C)(C)C)C1. The van der Waals surface area contributed by atoms with E-state index in [0.717, 1.165) is 19.4 Å². The van der Waals surface area contributed by atoms with E-state index in [-0.39, 0.29) is 12.1 Å². The van der Waals surface area contributed by atoms with Crippen LogP contribution < -0.4 is 10.1 Å². The van der Waals surface area contributed by atoms with Crippen LogP contribution in [0.5, 0.6) is 5.75 Å². The molecule has 1 fully saturated rings. The molecule has 2 atom stereocenters. The third-order valence-corrected chi connectivity index (χ3v) is 4.65. The van der Waals surface area contributed by atoms with Crippen molar-refractivity contribution in [2.24, 2.45) is 0 Å². The fourth-order valence-corrected chi connectivity index (χ4v) is 3.26. The Morgan fingerprint density at radius 1 is 1.36 bits per heavy atom. The number of nitrogens with zero attached hydrogens (tertiary/aromatic N) is 2. The molecule has 1 N–H and O–H groups in total. The smallest absolute Gasteiger partial charge is 0.407 e. The number of alkyl carbamates (subject to hydrolysis) is 1. The van der Waals surface area contributed by atoms with Crippen LogP contribution >= 0.6 is 0 Å². The lowest BCUT2D eigenvalue weighted by Crippen LogP contribution is -2.51. The van der Waals surface area contributed by atoms with Gasteiger partial charge in [-0.1, -0.05) is 12.1 Å². The Morgan fingerprint density at radius 3 is 2.79 bits per heavy atom. The fourth-order valence-electron chi connectivity index (χ4n) is 3.26. The van der Waals surface area contributed by atoms with Crippen LogP contribution in [-0.4, -0.2) is 62.1 Å². The Labute approximate surface area is 167 Å². The molecule has 7 nitrogen and oxygen atoms in total. The normalized spacial score (nSPS) is 20.2. The van der Waals surface area contributed by atoms with Crippen LogP contribution in [0.4, 0.5) is 4.79 Å². The first-order valence-corrected chi connectivity index (χ1v) is 9.68. The number of para-hydroxylation sites is 1. The third-order valence-electron chi connectivity index (χ3n) is 4.65. The Morgan fingerprint density at radius 2 is 2.11 bits per heavy atom. The van der Waals surface area contributed by atoms with Crippen molar-refractivity contribution in [2.45, 2.75) is 51.4 Å². The van der Waals surface area contributed by atoms with E-state index in [1.807, 2.05) is 32.9 Å². The number of hydrogen-bond donors (Lipinski definition) is 1. The van der Waals surface area contributed by atoms with E-state index in [1.54, 1.807) is 19.2 Å². The van der Waals surface area contributed by atoms with Crippen molar-refractivity contribution in [3.8, 4) is 11.8 Å². The van der Waals surface area contributed by atoms with E-state index in [0.29, 0.717) is 31.0 Å². The van der Waals surface area contributed by atoms with Crippen molar-refractivity contribution < 1.29 is 19.0 Å². The maximum atomic E-state index is 12.0. The first kappa shape index (κ1) is 22.0. The highest BCUT2D eigenvalue weighted by Gasteiger charge is 2.29. The minimum Gasteiger partial charge on any atom is -0.491 e. The van der Waals surface area contributed by atoms with E-state index in [1.165, 1.54) is 0 Å². The number of nitrogens with one attached hydrogen (secondary N) is 1. The van der Waals surface area contributed by atoms with Gasteiger partial charge < -0.3 is 19.5 Å². The first-order chi connectivity index (χ1) is 13.3. The molecule has 0 spiro atoms. The van der Waals surface area contributed by atoms with E-state index in [2.05, 4.69) is 16.3 Å². The molecule has 0 unspecified atom stereocenters. The first-order valence-electron chi connectivity index (χ1n) is 9.68. The summed E-state index contributed by atoms with van der Waals surface area (Å²) in [4.78, 5) is 14.3. The molecule has 1 amide bonds. The summed E-state index contributed by atoms with van der Waals surface area (Å²) < 4.78 is 16.7. The summed E-state index contributed by atoms with van der Waals surface area (Å²) in [5.41, 5.74) is 0.0108. The summed E-state index contributed by atoms with van der Waals surface area (Å²) in [6.07, 6.45) is 1.54. The average molecular weight is 389 g/mol. The molecular weight excluding hydrogens is 358 g/mol. The maximum absolute atomic E-state index is 12.0. The number of rotatable bonds is 7. The highest BCUT2D eigenvalue weighted by molar-refractivity contribution is 5.67. The predicted molar refractivity (Wildman–Crippen MR) is 106 cm³/mol. The second kappa shape index (κ2) is 10.3. The molecule has 1 heterocycles. The lowest BCUT2D eigenvalue weighted by atomic mass is 9.99. The van der Waals surface area contributed by atoms with E-state index in [9.17, 15) is 4.79 Å².